The summed E-state index contributed by atoms with van der Waals surface area (Å²) in [6, 6.07) is 15.8. The van der Waals surface area contributed by atoms with Gasteiger partial charge in [0, 0.05) is 37.7 Å². The quantitative estimate of drug-likeness (QED) is 0.232. The van der Waals surface area contributed by atoms with Crippen LogP contribution in [0.25, 0.3) is 11.1 Å². The van der Waals surface area contributed by atoms with Crippen molar-refractivity contribution in [1.82, 2.24) is 9.62 Å². The van der Waals surface area contributed by atoms with Crippen molar-refractivity contribution in [2.24, 2.45) is 5.92 Å². The summed E-state index contributed by atoms with van der Waals surface area (Å²) in [5.74, 6) is -0.371. The van der Waals surface area contributed by atoms with E-state index < -0.39 is 22.1 Å². The predicted molar refractivity (Wildman–Crippen MR) is 165 cm³/mol. The molecule has 10 heteroatoms. The maximum atomic E-state index is 13.4. The monoisotopic (exact) mass is 618 g/mol. The van der Waals surface area contributed by atoms with E-state index in [1.165, 1.54) is 18.2 Å². The number of carbonyl (C=O) groups is 1. The predicted octanol–water partition coefficient (Wildman–Crippen LogP) is 5.55. The number of aliphatic carboxylic acids is 1. The van der Waals surface area contributed by atoms with Crippen LogP contribution in [0.2, 0.25) is 4.34 Å². The molecular weight excluding hydrogens is 580 g/mol. The highest BCUT2D eigenvalue weighted by Gasteiger charge is 2.30. The van der Waals surface area contributed by atoms with Crippen molar-refractivity contribution in [3.8, 4) is 11.1 Å². The molecule has 1 aliphatic rings. The summed E-state index contributed by atoms with van der Waals surface area (Å²) in [5, 5.41) is 23.3. The van der Waals surface area contributed by atoms with Gasteiger partial charge in [0.1, 0.15) is 8.55 Å². The van der Waals surface area contributed by atoms with Gasteiger partial charge in [-0.2, -0.15) is 4.31 Å². The summed E-state index contributed by atoms with van der Waals surface area (Å²) in [6.07, 6.45) is 2.43. The van der Waals surface area contributed by atoms with E-state index in [2.05, 4.69) is 43.4 Å². The number of hydrogen-bond donors (Lipinski definition) is 3. The lowest BCUT2D eigenvalue weighted by atomic mass is 9.88. The van der Waals surface area contributed by atoms with Crippen LogP contribution in [-0.2, 0) is 34.1 Å². The van der Waals surface area contributed by atoms with Gasteiger partial charge in [0.15, 0.2) is 0 Å². The number of hydrogen-bond acceptors (Lipinski definition) is 6. The third kappa shape index (κ3) is 7.97. The molecule has 0 amide bonds. The fourth-order valence-corrected chi connectivity index (χ4v) is 8.82. The molecule has 0 saturated heterocycles. The van der Waals surface area contributed by atoms with Crippen molar-refractivity contribution in [2.75, 3.05) is 20.1 Å². The number of carboxylic acid groups (broad SMARTS) is 1. The molecule has 0 spiro atoms. The van der Waals surface area contributed by atoms with E-state index in [0.29, 0.717) is 22.2 Å². The molecule has 7 nitrogen and oxygen atoms in total. The average Bonchev–Trinajstić information content (AvgIpc) is 3.49. The Bertz CT molecular complexity index is 1480. The number of fused-ring (bicyclic) bond motifs is 1. The fraction of sp³-hybridized carbons (Fsp3) is 0.452. The van der Waals surface area contributed by atoms with Crippen LogP contribution in [0.4, 0.5) is 0 Å². The van der Waals surface area contributed by atoms with Gasteiger partial charge in [-0.25, -0.2) is 8.42 Å². The number of thiophene rings is 1. The van der Waals surface area contributed by atoms with E-state index in [1.54, 1.807) is 6.07 Å². The molecule has 4 rings (SSSR count). The van der Waals surface area contributed by atoms with Gasteiger partial charge in [-0.15, -0.1) is 11.3 Å². The molecule has 3 aromatic rings. The highest BCUT2D eigenvalue weighted by Crippen LogP contribution is 2.40. The van der Waals surface area contributed by atoms with E-state index >= 15 is 0 Å². The summed E-state index contributed by atoms with van der Waals surface area (Å²) in [7, 11) is -2.45. The number of halogens is 1. The van der Waals surface area contributed by atoms with Crippen LogP contribution < -0.4 is 5.32 Å². The van der Waals surface area contributed by atoms with Crippen molar-refractivity contribution in [2.45, 2.75) is 68.7 Å². The Morgan fingerprint density at radius 2 is 1.80 bits per heavy atom. The van der Waals surface area contributed by atoms with Crippen LogP contribution >= 0.6 is 22.9 Å². The smallest absolute Gasteiger partial charge is 0.303 e. The minimum absolute atomic E-state index is 0.0389. The second-order valence-corrected chi connectivity index (χ2v) is 15.7. The van der Waals surface area contributed by atoms with Gasteiger partial charge in [-0.1, -0.05) is 59.6 Å². The number of sulfonamides is 1. The van der Waals surface area contributed by atoms with E-state index in [1.807, 2.05) is 25.1 Å². The number of nitrogens with one attached hydrogen (secondary N) is 1. The summed E-state index contributed by atoms with van der Waals surface area (Å²) >= 11 is 7.51. The van der Waals surface area contributed by atoms with Crippen molar-refractivity contribution in [3.63, 3.8) is 0 Å². The molecule has 0 bridgehead atoms. The number of carboxylic acids is 1. The molecule has 1 aromatic heterocycles. The summed E-state index contributed by atoms with van der Waals surface area (Å²) in [4.78, 5) is 11.1. The molecule has 0 fully saturated rings. The maximum absolute atomic E-state index is 13.4. The minimum Gasteiger partial charge on any atom is -0.481 e. The van der Waals surface area contributed by atoms with Crippen LogP contribution in [-0.4, -0.2) is 60.7 Å². The minimum atomic E-state index is -3.91. The third-order valence-corrected chi connectivity index (χ3v) is 11.3. The molecular formula is C31H39ClN2O5S2. The molecule has 3 N–H and O–H groups in total. The highest BCUT2D eigenvalue weighted by atomic mass is 35.5. The van der Waals surface area contributed by atoms with Crippen molar-refractivity contribution in [3.05, 3.63) is 75.1 Å². The van der Waals surface area contributed by atoms with Crippen LogP contribution in [0.1, 0.15) is 48.9 Å². The van der Waals surface area contributed by atoms with Crippen molar-refractivity contribution >= 4 is 38.9 Å². The van der Waals surface area contributed by atoms with Crippen LogP contribution in [0.5, 0.6) is 0 Å². The number of nitrogens with zero attached hydrogens (tertiary/aromatic N) is 1. The standard InChI is InChI=1S/C31H39ClN2O5S2/c1-20-9-10-22(11-12-28(36)37)26(13-20)27-16-29(40-30(27)32)41(38,39)34(4)19-25(35)18-33-31(2,3)17-21-14-23-7-5-6-8-24(23)15-21/h5-10,13,16,21,25,33,35H,11-12,14-15,17-19H2,1-4H3,(H,36,37)/t25-/m1/s1. The first kappa shape index (κ1) is 31.7. The van der Waals surface area contributed by atoms with Crippen molar-refractivity contribution in [1.29, 1.82) is 0 Å². The number of benzene rings is 2. The SMILES string of the molecule is Cc1ccc(CCC(=O)O)c(-c2cc(S(=O)(=O)N(C)C[C@H](O)CNC(C)(C)CC3Cc4ccccc4C3)sc2Cl)c1. The number of aliphatic hydroxyl groups is 1. The zero-order valence-electron chi connectivity index (χ0n) is 24.0. The molecule has 1 aliphatic carbocycles. The first-order chi connectivity index (χ1) is 19.2. The number of aliphatic hydroxyl groups excluding tert-OH is 1. The van der Waals surface area contributed by atoms with Gasteiger partial charge in [0.05, 0.1) is 6.10 Å². The maximum Gasteiger partial charge on any atom is 0.303 e. The van der Waals surface area contributed by atoms with Crippen LogP contribution in [0, 0.1) is 12.8 Å². The molecule has 0 saturated carbocycles. The molecule has 0 aliphatic heterocycles. The van der Waals surface area contributed by atoms with Gasteiger partial charge in [0.2, 0.25) is 0 Å². The largest absolute Gasteiger partial charge is 0.481 e. The molecule has 0 radical (unpaired) electrons. The molecule has 2 aromatic carbocycles. The number of rotatable bonds is 13. The molecule has 0 unspecified atom stereocenters. The van der Waals surface area contributed by atoms with Gasteiger partial charge in [-0.3, -0.25) is 4.79 Å². The lowest BCUT2D eigenvalue weighted by Gasteiger charge is -2.31. The lowest BCUT2D eigenvalue weighted by Crippen LogP contribution is -2.47. The third-order valence-electron chi connectivity index (χ3n) is 7.71. The molecule has 1 heterocycles. The van der Waals surface area contributed by atoms with Crippen LogP contribution in [0.3, 0.4) is 0 Å². The number of β-amino-alcohol motifs (C(OH)–C–C–N with tert-alkyl or cyclic N) is 1. The highest BCUT2D eigenvalue weighted by molar-refractivity contribution is 7.91. The van der Waals surface area contributed by atoms with E-state index in [-0.39, 0.29) is 29.3 Å². The molecule has 222 valence electrons. The van der Waals surface area contributed by atoms with Gasteiger partial charge in [-0.05, 0) is 80.7 Å². The van der Waals surface area contributed by atoms with E-state index in [0.717, 1.165) is 51.6 Å². The van der Waals surface area contributed by atoms with Gasteiger partial charge < -0.3 is 15.5 Å². The zero-order chi connectivity index (χ0) is 29.9. The van der Waals surface area contributed by atoms with E-state index in [9.17, 15) is 18.3 Å². The normalized spacial score (nSPS) is 14.9. The Morgan fingerprint density at radius 3 is 2.44 bits per heavy atom. The molecule has 1 atom stereocenters. The lowest BCUT2D eigenvalue weighted by molar-refractivity contribution is -0.136. The Labute approximate surface area is 252 Å². The topological polar surface area (TPSA) is 107 Å². The number of likely N-dealkylation sites (N-methyl/N-ethyl adjacent to an activating group) is 1. The average molecular weight is 619 g/mol. The van der Waals surface area contributed by atoms with Crippen molar-refractivity contribution < 1.29 is 23.4 Å². The second-order valence-electron chi connectivity index (χ2n) is 11.8. The fourth-order valence-electron chi connectivity index (χ4n) is 5.65. The Kier molecular flexibility index (Phi) is 9.99. The first-order valence-corrected chi connectivity index (χ1v) is 16.5. The Morgan fingerprint density at radius 1 is 1.15 bits per heavy atom. The summed E-state index contributed by atoms with van der Waals surface area (Å²) in [6.45, 7) is 6.35. The second kappa shape index (κ2) is 12.9. The summed E-state index contributed by atoms with van der Waals surface area (Å²) in [5.41, 5.74) is 5.65. The molecule has 41 heavy (non-hydrogen) atoms. The first-order valence-electron chi connectivity index (χ1n) is 13.8. The van der Waals surface area contributed by atoms with Crippen LogP contribution in [0.15, 0.2) is 52.7 Å². The number of aryl methyl sites for hydroxylation is 2. The van der Waals surface area contributed by atoms with Gasteiger partial charge in [0.25, 0.3) is 10.0 Å². The van der Waals surface area contributed by atoms with Gasteiger partial charge >= 0.3 is 5.97 Å². The van der Waals surface area contributed by atoms with E-state index in [4.69, 9.17) is 16.7 Å². The Balaban J connectivity index is 1.38. The summed E-state index contributed by atoms with van der Waals surface area (Å²) < 4.78 is 28.4. The zero-order valence-corrected chi connectivity index (χ0v) is 26.4. The Hall–Kier alpha value is -2.27.